The Morgan fingerprint density at radius 1 is 1.27 bits per heavy atom. The predicted octanol–water partition coefficient (Wildman–Crippen LogP) is 2.70. The molecule has 22 heavy (non-hydrogen) atoms. The molecule has 4 nitrogen and oxygen atoms in total. The van der Waals surface area contributed by atoms with E-state index in [4.69, 9.17) is 0 Å². The number of aryl methyl sites for hydroxylation is 1. The molecule has 1 aromatic rings. The summed E-state index contributed by atoms with van der Waals surface area (Å²) in [5, 5.41) is 3.10. The predicted molar refractivity (Wildman–Crippen MR) is 89.8 cm³/mol. The van der Waals surface area contributed by atoms with Crippen molar-refractivity contribution >= 4 is 5.91 Å². The van der Waals surface area contributed by atoms with Crippen LogP contribution in [-0.2, 0) is 11.2 Å². The second-order valence-corrected chi connectivity index (χ2v) is 6.45. The SMILES string of the molecule is Cc1cccc(C[C@@H](C)NC(=O)CCN2CCCCCC2)n1. The van der Waals surface area contributed by atoms with E-state index in [1.165, 1.54) is 25.7 Å². The van der Waals surface area contributed by atoms with Crippen LogP contribution in [0.2, 0.25) is 0 Å². The summed E-state index contributed by atoms with van der Waals surface area (Å²) in [5.74, 6) is 0.157. The van der Waals surface area contributed by atoms with Crippen LogP contribution in [0.25, 0.3) is 0 Å². The van der Waals surface area contributed by atoms with Crippen molar-refractivity contribution in [1.29, 1.82) is 0 Å². The van der Waals surface area contributed by atoms with Crippen LogP contribution in [0.3, 0.4) is 0 Å². The van der Waals surface area contributed by atoms with Gasteiger partial charge in [-0.1, -0.05) is 18.9 Å². The molecule has 0 unspecified atom stereocenters. The summed E-state index contributed by atoms with van der Waals surface area (Å²) in [6, 6.07) is 6.16. The fraction of sp³-hybridized carbons (Fsp3) is 0.667. The molecule has 0 aromatic carbocycles. The molecule has 0 spiro atoms. The van der Waals surface area contributed by atoms with E-state index in [9.17, 15) is 4.79 Å². The van der Waals surface area contributed by atoms with Gasteiger partial charge in [-0.3, -0.25) is 9.78 Å². The molecule has 4 heteroatoms. The summed E-state index contributed by atoms with van der Waals surface area (Å²) in [6.45, 7) is 7.23. The molecule has 2 heterocycles. The van der Waals surface area contributed by atoms with Crippen molar-refractivity contribution in [3.8, 4) is 0 Å². The number of hydrogen-bond donors (Lipinski definition) is 1. The molecule has 1 saturated heterocycles. The lowest BCUT2D eigenvalue weighted by Crippen LogP contribution is -2.37. The molecular formula is C18H29N3O. The maximum absolute atomic E-state index is 12.1. The Morgan fingerprint density at radius 2 is 2.00 bits per heavy atom. The minimum absolute atomic E-state index is 0.130. The third-order valence-corrected chi connectivity index (χ3v) is 4.22. The number of aromatic nitrogens is 1. The minimum Gasteiger partial charge on any atom is -0.353 e. The average molecular weight is 303 g/mol. The lowest BCUT2D eigenvalue weighted by atomic mass is 10.1. The first kappa shape index (κ1) is 16.9. The summed E-state index contributed by atoms with van der Waals surface area (Å²) in [7, 11) is 0. The molecule has 1 N–H and O–H groups in total. The van der Waals surface area contributed by atoms with Gasteiger partial charge in [0.1, 0.15) is 0 Å². The van der Waals surface area contributed by atoms with Gasteiger partial charge in [0, 0.05) is 36.8 Å². The van der Waals surface area contributed by atoms with Gasteiger partial charge in [-0.2, -0.15) is 0 Å². The van der Waals surface area contributed by atoms with E-state index < -0.39 is 0 Å². The second-order valence-electron chi connectivity index (χ2n) is 6.45. The summed E-state index contributed by atoms with van der Waals surface area (Å²) >= 11 is 0. The summed E-state index contributed by atoms with van der Waals surface area (Å²) in [4.78, 5) is 19.0. The van der Waals surface area contributed by atoms with Gasteiger partial charge < -0.3 is 10.2 Å². The van der Waals surface area contributed by atoms with Crippen LogP contribution in [0.15, 0.2) is 18.2 Å². The third-order valence-electron chi connectivity index (χ3n) is 4.22. The maximum Gasteiger partial charge on any atom is 0.221 e. The molecule has 1 fully saturated rings. The number of carbonyl (C=O) groups is 1. The lowest BCUT2D eigenvalue weighted by Gasteiger charge is -2.20. The molecule has 0 radical (unpaired) electrons. The van der Waals surface area contributed by atoms with Gasteiger partial charge in [0.05, 0.1) is 0 Å². The van der Waals surface area contributed by atoms with Crippen LogP contribution < -0.4 is 5.32 Å². The van der Waals surface area contributed by atoms with Crippen molar-refractivity contribution < 1.29 is 4.79 Å². The van der Waals surface area contributed by atoms with Gasteiger partial charge in [-0.25, -0.2) is 0 Å². The lowest BCUT2D eigenvalue weighted by molar-refractivity contribution is -0.122. The molecule has 122 valence electrons. The molecule has 1 amide bonds. The summed E-state index contributed by atoms with van der Waals surface area (Å²) < 4.78 is 0. The number of rotatable bonds is 6. The Morgan fingerprint density at radius 3 is 2.68 bits per heavy atom. The fourth-order valence-electron chi connectivity index (χ4n) is 3.04. The average Bonchev–Trinajstić information content (AvgIpc) is 2.73. The highest BCUT2D eigenvalue weighted by atomic mass is 16.1. The zero-order valence-corrected chi connectivity index (χ0v) is 14.0. The Hall–Kier alpha value is -1.42. The Bertz CT molecular complexity index is 467. The minimum atomic E-state index is 0.130. The van der Waals surface area contributed by atoms with Gasteiger partial charge in [0.25, 0.3) is 0 Å². The van der Waals surface area contributed by atoms with Crippen LogP contribution in [-0.4, -0.2) is 41.5 Å². The molecule has 1 aliphatic heterocycles. The smallest absolute Gasteiger partial charge is 0.221 e. The highest BCUT2D eigenvalue weighted by Crippen LogP contribution is 2.09. The monoisotopic (exact) mass is 303 g/mol. The normalized spacial score (nSPS) is 17.7. The largest absolute Gasteiger partial charge is 0.353 e. The van der Waals surface area contributed by atoms with E-state index >= 15 is 0 Å². The highest BCUT2D eigenvalue weighted by molar-refractivity contribution is 5.76. The van der Waals surface area contributed by atoms with E-state index in [0.29, 0.717) is 6.42 Å². The molecule has 1 aliphatic rings. The fourth-order valence-corrected chi connectivity index (χ4v) is 3.04. The molecule has 0 aliphatic carbocycles. The number of pyridine rings is 1. The highest BCUT2D eigenvalue weighted by Gasteiger charge is 2.13. The number of nitrogens with zero attached hydrogens (tertiary/aromatic N) is 2. The van der Waals surface area contributed by atoms with Crippen LogP contribution in [0.1, 0.15) is 50.4 Å². The van der Waals surface area contributed by atoms with Crippen molar-refractivity contribution in [2.24, 2.45) is 0 Å². The van der Waals surface area contributed by atoms with Gasteiger partial charge >= 0.3 is 0 Å². The second kappa shape index (κ2) is 8.89. The maximum atomic E-state index is 12.1. The first-order valence-electron chi connectivity index (χ1n) is 8.58. The van der Waals surface area contributed by atoms with E-state index in [2.05, 4.69) is 15.2 Å². The Balaban J connectivity index is 1.69. The number of amides is 1. The van der Waals surface area contributed by atoms with Crippen molar-refractivity contribution in [1.82, 2.24) is 15.2 Å². The summed E-state index contributed by atoms with van der Waals surface area (Å²) in [6.07, 6.45) is 6.61. The van der Waals surface area contributed by atoms with Gasteiger partial charge in [0.15, 0.2) is 0 Å². The van der Waals surface area contributed by atoms with Gasteiger partial charge in [0.2, 0.25) is 5.91 Å². The molecule has 1 atom stereocenters. The number of nitrogens with one attached hydrogen (secondary N) is 1. The van der Waals surface area contributed by atoms with Crippen molar-refractivity contribution in [3.63, 3.8) is 0 Å². The number of likely N-dealkylation sites (tertiary alicyclic amines) is 1. The first-order valence-corrected chi connectivity index (χ1v) is 8.58. The standard InChI is InChI=1S/C18H29N3O/c1-15-8-7-9-17(19-15)14-16(2)20-18(22)10-13-21-11-5-3-4-6-12-21/h7-9,16H,3-6,10-14H2,1-2H3,(H,20,22)/t16-/m1/s1. The van der Waals surface area contributed by atoms with E-state index in [-0.39, 0.29) is 11.9 Å². The number of hydrogen-bond acceptors (Lipinski definition) is 3. The first-order chi connectivity index (χ1) is 10.6. The Labute approximate surface area is 134 Å². The van der Waals surface area contributed by atoms with Crippen molar-refractivity contribution in [2.75, 3.05) is 19.6 Å². The van der Waals surface area contributed by atoms with Crippen LogP contribution in [0.4, 0.5) is 0 Å². The molecule has 0 bridgehead atoms. The zero-order chi connectivity index (χ0) is 15.8. The van der Waals surface area contributed by atoms with Crippen LogP contribution in [0.5, 0.6) is 0 Å². The zero-order valence-electron chi connectivity index (χ0n) is 14.0. The summed E-state index contributed by atoms with van der Waals surface area (Å²) in [5.41, 5.74) is 2.07. The molecule has 2 rings (SSSR count). The molecular weight excluding hydrogens is 274 g/mol. The Kier molecular flexibility index (Phi) is 6.84. The topological polar surface area (TPSA) is 45.2 Å². The van der Waals surface area contributed by atoms with E-state index in [1.54, 1.807) is 0 Å². The number of carbonyl (C=O) groups excluding carboxylic acids is 1. The quantitative estimate of drug-likeness (QED) is 0.879. The third kappa shape index (κ3) is 6.14. The van der Waals surface area contributed by atoms with Crippen LogP contribution >= 0.6 is 0 Å². The van der Waals surface area contributed by atoms with Crippen LogP contribution in [0, 0.1) is 6.92 Å². The van der Waals surface area contributed by atoms with Crippen molar-refractivity contribution in [2.45, 2.75) is 58.4 Å². The van der Waals surface area contributed by atoms with Crippen molar-refractivity contribution in [3.05, 3.63) is 29.6 Å². The van der Waals surface area contributed by atoms with Gasteiger partial charge in [-0.05, 0) is 51.9 Å². The van der Waals surface area contributed by atoms with Gasteiger partial charge in [-0.15, -0.1) is 0 Å². The van der Waals surface area contributed by atoms with E-state index in [0.717, 1.165) is 37.4 Å². The molecule has 1 aromatic heterocycles. The van der Waals surface area contributed by atoms with E-state index in [1.807, 2.05) is 32.0 Å². The molecule has 0 saturated carbocycles.